The minimum atomic E-state index is -4.82. The van der Waals surface area contributed by atoms with Crippen LogP contribution in [0.25, 0.3) is 0 Å². The van der Waals surface area contributed by atoms with Gasteiger partial charge in [-0.3, -0.25) is 4.79 Å². The first-order valence-corrected chi connectivity index (χ1v) is 8.32. The van der Waals surface area contributed by atoms with Crippen LogP contribution in [0.4, 0.5) is 18.0 Å². The number of benzene rings is 1. The summed E-state index contributed by atoms with van der Waals surface area (Å²) in [6.45, 7) is -0.154. The van der Waals surface area contributed by atoms with Crippen molar-refractivity contribution in [3.63, 3.8) is 0 Å². The summed E-state index contributed by atoms with van der Waals surface area (Å²) in [4.78, 5) is 24.0. The molecule has 4 N–H and O–H groups in total. The highest BCUT2D eigenvalue weighted by Crippen LogP contribution is 2.26. The van der Waals surface area contributed by atoms with Gasteiger partial charge in [-0.2, -0.15) is 0 Å². The minimum absolute atomic E-state index is 0.105. The molecule has 0 aliphatic carbocycles. The van der Waals surface area contributed by atoms with Crippen molar-refractivity contribution in [3.05, 3.63) is 52.2 Å². The zero-order chi connectivity index (χ0) is 19.2. The van der Waals surface area contributed by atoms with E-state index in [1.165, 1.54) is 29.5 Å². The number of nitrogens with two attached hydrogens (primary N) is 1. The highest BCUT2D eigenvalue weighted by atomic mass is 32.1. The second-order valence-corrected chi connectivity index (χ2v) is 6.19. The molecule has 1 aromatic carbocycles. The summed E-state index contributed by atoms with van der Waals surface area (Å²) in [5, 5.41) is 6.77. The average Bonchev–Trinajstić information content (AvgIpc) is 3.06. The Morgan fingerprint density at radius 1 is 1.19 bits per heavy atom. The lowest BCUT2D eigenvalue weighted by molar-refractivity contribution is -0.274. The summed E-state index contributed by atoms with van der Waals surface area (Å²) in [5.41, 5.74) is 5.29. The van der Waals surface area contributed by atoms with Gasteiger partial charge >= 0.3 is 12.4 Å². The molecule has 26 heavy (non-hydrogen) atoms. The molecule has 0 spiro atoms. The van der Waals surface area contributed by atoms with Crippen LogP contribution in [0.2, 0.25) is 0 Å². The van der Waals surface area contributed by atoms with Crippen molar-refractivity contribution < 1.29 is 27.5 Å². The van der Waals surface area contributed by atoms with E-state index in [0.717, 1.165) is 10.9 Å². The van der Waals surface area contributed by atoms with E-state index < -0.39 is 24.3 Å². The summed E-state index contributed by atoms with van der Waals surface area (Å²) in [5.74, 6) is -0.843. The molecule has 6 nitrogen and oxygen atoms in total. The summed E-state index contributed by atoms with van der Waals surface area (Å²) in [6.07, 6.45) is -4.93. The number of halogens is 3. The SMILES string of the molecule is NC(=O)NC(CC(=O)NCc1ccccc1OC(F)(F)F)c1cccs1. The second-order valence-electron chi connectivity index (χ2n) is 5.21. The van der Waals surface area contributed by atoms with Gasteiger partial charge in [-0.1, -0.05) is 24.3 Å². The van der Waals surface area contributed by atoms with Crippen LogP contribution >= 0.6 is 11.3 Å². The monoisotopic (exact) mass is 387 g/mol. The van der Waals surface area contributed by atoms with Gasteiger partial charge in [0.1, 0.15) is 5.75 Å². The lowest BCUT2D eigenvalue weighted by Gasteiger charge is -2.17. The Bertz CT molecular complexity index is 751. The van der Waals surface area contributed by atoms with Crippen LogP contribution in [-0.2, 0) is 11.3 Å². The maximum Gasteiger partial charge on any atom is 0.573 e. The Morgan fingerprint density at radius 2 is 1.92 bits per heavy atom. The maximum absolute atomic E-state index is 12.4. The third kappa shape index (κ3) is 6.28. The van der Waals surface area contributed by atoms with Gasteiger partial charge in [0, 0.05) is 17.0 Å². The molecule has 0 bridgehead atoms. The van der Waals surface area contributed by atoms with E-state index in [0.29, 0.717) is 0 Å². The van der Waals surface area contributed by atoms with Crippen LogP contribution in [0.3, 0.4) is 0 Å². The quantitative estimate of drug-likeness (QED) is 0.682. The van der Waals surface area contributed by atoms with E-state index in [2.05, 4.69) is 15.4 Å². The van der Waals surface area contributed by atoms with E-state index >= 15 is 0 Å². The zero-order valence-electron chi connectivity index (χ0n) is 13.4. The number of urea groups is 1. The molecule has 0 saturated carbocycles. The number of nitrogens with one attached hydrogen (secondary N) is 2. The van der Waals surface area contributed by atoms with Crippen LogP contribution in [0, 0.1) is 0 Å². The molecule has 1 aromatic heterocycles. The molecule has 0 fully saturated rings. The lowest BCUT2D eigenvalue weighted by Crippen LogP contribution is -2.36. The Balaban J connectivity index is 1.99. The van der Waals surface area contributed by atoms with Gasteiger partial charge < -0.3 is 21.1 Å². The van der Waals surface area contributed by atoms with Crippen LogP contribution in [0.1, 0.15) is 22.9 Å². The predicted molar refractivity (Wildman–Crippen MR) is 89.4 cm³/mol. The van der Waals surface area contributed by atoms with E-state index in [1.807, 2.05) is 0 Å². The van der Waals surface area contributed by atoms with Gasteiger partial charge in [0.15, 0.2) is 0 Å². The van der Waals surface area contributed by atoms with Crippen molar-refractivity contribution in [2.45, 2.75) is 25.4 Å². The van der Waals surface area contributed by atoms with E-state index in [9.17, 15) is 22.8 Å². The Kier molecular flexibility index (Phi) is 6.45. The van der Waals surface area contributed by atoms with Crippen LogP contribution in [0.5, 0.6) is 5.75 Å². The molecule has 10 heteroatoms. The number of carbonyl (C=O) groups excluding carboxylic acids is 2. The molecule has 1 unspecified atom stereocenters. The molecule has 0 radical (unpaired) electrons. The topological polar surface area (TPSA) is 93.5 Å². The third-order valence-corrected chi connectivity index (χ3v) is 4.25. The van der Waals surface area contributed by atoms with Crippen LogP contribution < -0.4 is 21.1 Å². The first-order chi connectivity index (χ1) is 12.2. The number of ether oxygens (including phenoxy) is 1. The largest absolute Gasteiger partial charge is 0.573 e. The molecule has 3 amide bonds. The number of para-hydroxylation sites is 1. The number of alkyl halides is 3. The van der Waals surface area contributed by atoms with Gasteiger partial charge in [-0.25, -0.2) is 4.79 Å². The molecule has 140 valence electrons. The number of primary amides is 1. The van der Waals surface area contributed by atoms with Crippen molar-refractivity contribution in [1.82, 2.24) is 10.6 Å². The zero-order valence-corrected chi connectivity index (χ0v) is 14.2. The first kappa shape index (κ1) is 19.6. The van der Waals surface area contributed by atoms with Crippen molar-refractivity contribution in [2.24, 2.45) is 5.73 Å². The molecule has 0 aliphatic rings. The van der Waals surface area contributed by atoms with Crippen LogP contribution in [0.15, 0.2) is 41.8 Å². The van der Waals surface area contributed by atoms with Gasteiger partial charge in [-0.15, -0.1) is 24.5 Å². The van der Waals surface area contributed by atoms with Crippen molar-refractivity contribution in [3.8, 4) is 5.75 Å². The molecular formula is C16H16F3N3O3S. The van der Waals surface area contributed by atoms with Gasteiger partial charge in [0.2, 0.25) is 5.91 Å². The van der Waals surface area contributed by atoms with E-state index in [4.69, 9.17) is 5.73 Å². The molecule has 1 heterocycles. The number of hydrogen-bond donors (Lipinski definition) is 3. The summed E-state index contributed by atoms with van der Waals surface area (Å²) < 4.78 is 41.2. The standard InChI is InChI=1S/C16H16F3N3O3S/c17-16(18,19)25-12-5-2-1-4-10(12)9-21-14(23)8-11(22-15(20)24)13-6-3-7-26-13/h1-7,11H,8-9H2,(H,21,23)(H3,20,22,24). The smallest absolute Gasteiger partial charge is 0.405 e. The summed E-state index contributed by atoms with van der Waals surface area (Å²) >= 11 is 1.34. The highest BCUT2D eigenvalue weighted by molar-refractivity contribution is 7.10. The number of carbonyl (C=O) groups is 2. The molecule has 1 atom stereocenters. The second kappa shape index (κ2) is 8.56. The number of rotatable bonds is 7. The van der Waals surface area contributed by atoms with Crippen molar-refractivity contribution in [2.75, 3.05) is 0 Å². The molecule has 2 aromatic rings. The molecule has 0 saturated heterocycles. The molecule has 2 rings (SSSR count). The minimum Gasteiger partial charge on any atom is -0.405 e. The summed E-state index contributed by atoms with van der Waals surface area (Å²) in [7, 11) is 0. The van der Waals surface area contributed by atoms with Crippen LogP contribution in [-0.4, -0.2) is 18.3 Å². The fourth-order valence-corrected chi connectivity index (χ4v) is 2.99. The maximum atomic E-state index is 12.4. The molecule has 0 aliphatic heterocycles. The van der Waals surface area contributed by atoms with E-state index in [-0.39, 0.29) is 24.3 Å². The molecular weight excluding hydrogens is 371 g/mol. The van der Waals surface area contributed by atoms with Crippen molar-refractivity contribution in [1.29, 1.82) is 0 Å². The van der Waals surface area contributed by atoms with E-state index in [1.54, 1.807) is 17.5 Å². The fraction of sp³-hybridized carbons (Fsp3) is 0.250. The Labute approximate surface area is 151 Å². The lowest BCUT2D eigenvalue weighted by atomic mass is 10.1. The van der Waals surface area contributed by atoms with Gasteiger partial charge in [0.25, 0.3) is 0 Å². The van der Waals surface area contributed by atoms with Gasteiger partial charge in [-0.05, 0) is 17.5 Å². The normalized spacial score (nSPS) is 12.3. The third-order valence-electron chi connectivity index (χ3n) is 3.27. The number of amides is 3. The Morgan fingerprint density at radius 3 is 2.54 bits per heavy atom. The summed E-state index contributed by atoms with van der Waals surface area (Å²) in [6, 6.07) is 7.62. The number of hydrogen-bond acceptors (Lipinski definition) is 4. The fourth-order valence-electron chi connectivity index (χ4n) is 2.21. The Hall–Kier alpha value is -2.75. The average molecular weight is 387 g/mol. The first-order valence-electron chi connectivity index (χ1n) is 7.44. The predicted octanol–water partition coefficient (Wildman–Crippen LogP) is 3.06. The van der Waals surface area contributed by atoms with Crippen molar-refractivity contribution >= 4 is 23.3 Å². The highest BCUT2D eigenvalue weighted by Gasteiger charge is 2.32. The van der Waals surface area contributed by atoms with Gasteiger partial charge in [0.05, 0.1) is 12.5 Å². The number of thiophene rings is 1.